The molecule has 7 nitrogen and oxygen atoms in total. The second-order valence-electron chi connectivity index (χ2n) is 6.80. The van der Waals surface area contributed by atoms with Gasteiger partial charge in [0.2, 0.25) is 5.91 Å². The van der Waals surface area contributed by atoms with Gasteiger partial charge in [0.25, 0.3) is 5.91 Å². The van der Waals surface area contributed by atoms with Gasteiger partial charge in [0.05, 0.1) is 0 Å². The van der Waals surface area contributed by atoms with Crippen LogP contribution in [0.4, 0.5) is 4.79 Å². The monoisotopic (exact) mass is 324 g/mol. The molecule has 2 fully saturated rings. The van der Waals surface area contributed by atoms with E-state index in [0.29, 0.717) is 13.0 Å². The summed E-state index contributed by atoms with van der Waals surface area (Å²) in [5, 5.41) is 2.70. The summed E-state index contributed by atoms with van der Waals surface area (Å²) >= 11 is 0. The molecule has 1 N–H and O–H groups in total. The van der Waals surface area contributed by atoms with Gasteiger partial charge in [-0.3, -0.25) is 14.5 Å². The van der Waals surface area contributed by atoms with Crippen molar-refractivity contribution in [2.24, 2.45) is 0 Å². The molecule has 0 aromatic carbocycles. The highest BCUT2D eigenvalue weighted by Crippen LogP contribution is 2.16. The van der Waals surface area contributed by atoms with Crippen molar-refractivity contribution in [3.8, 4) is 0 Å². The first-order chi connectivity index (χ1) is 10.8. The number of hydrogen-bond acceptors (Lipinski definition) is 4. The van der Waals surface area contributed by atoms with E-state index in [1.165, 1.54) is 4.90 Å². The summed E-state index contributed by atoms with van der Waals surface area (Å²) in [5.41, 5.74) is -0.791. The minimum Gasteiger partial charge on any atom is -0.341 e. The molecule has 23 heavy (non-hydrogen) atoms. The molecule has 0 aromatic rings. The third-order valence-electron chi connectivity index (χ3n) is 4.54. The van der Waals surface area contributed by atoms with Gasteiger partial charge in [-0.2, -0.15) is 0 Å². The van der Waals surface area contributed by atoms with E-state index in [9.17, 15) is 14.4 Å². The Hall–Kier alpha value is -1.63. The first-order valence-electron chi connectivity index (χ1n) is 8.49. The quantitative estimate of drug-likeness (QED) is 0.754. The van der Waals surface area contributed by atoms with E-state index in [0.717, 1.165) is 45.6 Å². The second kappa shape index (κ2) is 7.29. The standard InChI is InChI=1S/C16H28N4O3/c1-4-13(21)19-9-5-7-18(11-12-19)8-6-10-20-14(22)16(2,3)17-15(20)23/h4-12H2,1-3H3,(H,17,23). The van der Waals surface area contributed by atoms with E-state index in [-0.39, 0.29) is 17.8 Å². The van der Waals surface area contributed by atoms with Crippen molar-refractivity contribution >= 4 is 17.8 Å². The summed E-state index contributed by atoms with van der Waals surface area (Å²) in [5.74, 6) is 0.0616. The molecule has 0 aromatic heterocycles. The van der Waals surface area contributed by atoms with E-state index in [4.69, 9.17) is 0 Å². The normalized spacial score (nSPS) is 22.2. The topological polar surface area (TPSA) is 73.0 Å². The molecule has 130 valence electrons. The van der Waals surface area contributed by atoms with E-state index in [1.54, 1.807) is 13.8 Å². The SMILES string of the molecule is CCC(=O)N1CCCN(CCCN2C(=O)NC(C)(C)C2=O)CC1. The number of nitrogens with one attached hydrogen (secondary N) is 1. The van der Waals surface area contributed by atoms with Crippen molar-refractivity contribution in [2.75, 3.05) is 39.3 Å². The fourth-order valence-corrected chi connectivity index (χ4v) is 3.14. The first kappa shape index (κ1) is 17.7. The molecule has 2 rings (SSSR count). The molecule has 2 saturated heterocycles. The Bertz CT molecular complexity index is 478. The lowest BCUT2D eigenvalue weighted by Gasteiger charge is -2.22. The fourth-order valence-electron chi connectivity index (χ4n) is 3.14. The van der Waals surface area contributed by atoms with Crippen LogP contribution in [0.15, 0.2) is 0 Å². The molecule has 0 atom stereocenters. The molecule has 2 heterocycles. The molecule has 0 aliphatic carbocycles. The van der Waals surface area contributed by atoms with Gasteiger partial charge in [0.1, 0.15) is 5.54 Å². The maximum atomic E-state index is 12.1. The van der Waals surface area contributed by atoms with Crippen LogP contribution >= 0.6 is 0 Å². The largest absolute Gasteiger partial charge is 0.341 e. The third kappa shape index (κ3) is 4.22. The second-order valence-corrected chi connectivity index (χ2v) is 6.80. The average molecular weight is 324 g/mol. The summed E-state index contributed by atoms with van der Waals surface area (Å²) in [6.07, 6.45) is 2.29. The van der Waals surface area contributed by atoms with Crippen molar-refractivity contribution in [1.29, 1.82) is 0 Å². The van der Waals surface area contributed by atoms with Gasteiger partial charge in [-0.25, -0.2) is 4.79 Å². The van der Waals surface area contributed by atoms with Gasteiger partial charge in [0, 0.05) is 32.6 Å². The lowest BCUT2D eigenvalue weighted by atomic mass is 10.1. The molecule has 0 saturated carbocycles. The zero-order valence-electron chi connectivity index (χ0n) is 14.4. The lowest BCUT2D eigenvalue weighted by molar-refractivity contribution is -0.131. The van der Waals surface area contributed by atoms with Crippen molar-refractivity contribution in [1.82, 2.24) is 20.0 Å². The minimum absolute atomic E-state index is 0.155. The predicted octanol–water partition coefficient (Wildman–Crippen LogP) is 0.651. The average Bonchev–Trinajstić information content (AvgIpc) is 2.68. The number of urea groups is 1. The zero-order valence-corrected chi connectivity index (χ0v) is 14.4. The molecule has 0 bridgehead atoms. The Morgan fingerprint density at radius 2 is 1.87 bits per heavy atom. The van der Waals surface area contributed by atoms with Gasteiger partial charge >= 0.3 is 6.03 Å². The number of carbonyl (C=O) groups is 3. The van der Waals surface area contributed by atoms with Gasteiger partial charge in [-0.1, -0.05) is 6.92 Å². The Morgan fingerprint density at radius 3 is 2.48 bits per heavy atom. The van der Waals surface area contributed by atoms with Gasteiger partial charge < -0.3 is 15.1 Å². The first-order valence-corrected chi connectivity index (χ1v) is 8.49. The van der Waals surface area contributed by atoms with Crippen molar-refractivity contribution in [3.63, 3.8) is 0 Å². The summed E-state index contributed by atoms with van der Waals surface area (Å²) in [6, 6.07) is -0.296. The van der Waals surface area contributed by atoms with Crippen LogP contribution in [0.2, 0.25) is 0 Å². The van der Waals surface area contributed by atoms with Crippen molar-refractivity contribution < 1.29 is 14.4 Å². The van der Waals surface area contributed by atoms with Crippen LogP contribution in [0.1, 0.15) is 40.0 Å². The van der Waals surface area contributed by atoms with Gasteiger partial charge in [-0.05, 0) is 39.8 Å². The van der Waals surface area contributed by atoms with Gasteiger partial charge in [-0.15, -0.1) is 0 Å². The number of rotatable bonds is 5. The highest BCUT2D eigenvalue weighted by atomic mass is 16.2. The van der Waals surface area contributed by atoms with Crippen LogP contribution in [-0.2, 0) is 9.59 Å². The summed E-state index contributed by atoms with van der Waals surface area (Å²) < 4.78 is 0. The molecule has 7 heteroatoms. The van der Waals surface area contributed by atoms with Crippen LogP contribution in [0.3, 0.4) is 0 Å². The van der Waals surface area contributed by atoms with Crippen LogP contribution in [0.5, 0.6) is 0 Å². The van der Waals surface area contributed by atoms with Crippen LogP contribution < -0.4 is 5.32 Å². The zero-order chi connectivity index (χ0) is 17.0. The Kier molecular flexibility index (Phi) is 5.62. The molecule has 4 amide bonds. The molecule has 0 unspecified atom stereocenters. The number of amides is 4. The Balaban J connectivity index is 1.76. The molecule has 2 aliphatic heterocycles. The molecule has 0 spiro atoms. The maximum Gasteiger partial charge on any atom is 0.325 e. The minimum atomic E-state index is -0.791. The third-order valence-corrected chi connectivity index (χ3v) is 4.54. The molecule has 2 aliphatic rings. The van der Waals surface area contributed by atoms with Crippen LogP contribution in [0.25, 0.3) is 0 Å². The number of hydrogen-bond donors (Lipinski definition) is 1. The smallest absolute Gasteiger partial charge is 0.325 e. The summed E-state index contributed by atoms with van der Waals surface area (Å²) in [7, 11) is 0. The predicted molar refractivity (Wildman–Crippen MR) is 86.9 cm³/mol. The number of imide groups is 1. The van der Waals surface area contributed by atoms with Crippen molar-refractivity contribution in [3.05, 3.63) is 0 Å². The van der Waals surface area contributed by atoms with Crippen molar-refractivity contribution in [2.45, 2.75) is 45.6 Å². The van der Waals surface area contributed by atoms with E-state index >= 15 is 0 Å². The van der Waals surface area contributed by atoms with E-state index in [2.05, 4.69) is 10.2 Å². The van der Waals surface area contributed by atoms with Crippen LogP contribution in [-0.4, -0.2) is 77.4 Å². The molecular weight excluding hydrogens is 296 g/mol. The molecule has 0 radical (unpaired) electrons. The van der Waals surface area contributed by atoms with Crippen LogP contribution in [0, 0.1) is 0 Å². The fraction of sp³-hybridized carbons (Fsp3) is 0.812. The highest BCUT2D eigenvalue weighted by molar-refractivity contribution is 6.06. The highest BCUT2D eigenvalue weighted by Gasteiger charge is 2.43. The maximum absolute atomic E-state index is 12.1. The lowest BCUT2D eigenvalue weighted by Crippen LogP contribution is -2.40. The molecular formula is C16H28N4O3. The number of carbonyl (C=O) groups excluding carboxylic acids is 3. The van der Waals surface area contributed by atoms with Gasteiger partial charge in [0.15, 0.2) is 0 Å². The Morgan fingerprint density at radius 1 is 1.13 bits per heavy atom. The Labute approximate surface area is 138 Å². The number of nitrogens with zero attached hydrogens (tertiary/aromatic N) is 3. The van der Waals surface area contributed by atoms with E-state index < -0.39 is 5.54 Å². The summed E-state index contributed by atoms with van der Waals surface area (Å²) in [4.78, 5) is 41.3. The summed E-state index contributed by atoms with van der Waals surface area (Å²) in [6.45, 7) is 10.0. The van der Waals surface area contributed by atoms with E-state index in [1.807, 2.05) is 11.8 Å².